The van der Waals surface area contributed by atoms with E-state index in [0.717, 1.165) is 18.8 Å². The van der Waals surface area contributed by atoms with Crippen LogP contribution < -0.4 is 10.2 Å². The summed E-state index contributed by atoms with van der Waals surface area (Å²) < 4.78 is 12.8. The molecule has 0 aliphatic rings. The largest absolute Gasteiger partial charge is 0.373 e. The van der Waals surface area contributed by atoms with Gasteiger partial charge in [-0.1, -0.05) is 6.07 Å². The molecule has 19 heavy (non-hydrogen) atoms. The van der Waals surface area contributed by atoms with Crippen molar-refractivity contribution in [2.45, 2.75) is 13.0 Å². The van der Waals surface area contributed by atoms with Gasteiger partial charge in [-0.3, -0.25) is 0 Å². The first kappa shape index (κ1) is 14.0. The van der Waals surface area contributed by atoms with E-state index in [2.05, 4.69) is 34.7 Å². The molecule has 1 heterocycles. The molecule has 0 aliphatic heterocycles. The molecule has 0 spiro atoms. The highest BCUT2D eigenvalue weighted by Gasteiger charge is 2.06. The van der Waals surface area contributed by atoms with Gasteiger partial charge in [0.15, 0.2) is 0 Å². The van der Waals surface area contributed by atoms with Gasteiger partial charge in [0.05, 0.1) is 0 Å². The Balaban J connectivity index is 1.77. The molecule has 2 nitrogen and oxygen atoms in total. The minimum atomic E-state index is -0.193. The molecule has 0 saturated carbocycles. The molecule has 1 N–H and O–H groups in total. The Morgan fingerprint density at radius 2 is 2.00 bits per heavy atom. The van der Waals surface area contributed by atoms with Crippen molar-refractivity contribution in [1.82, 2.24) is 5.32 Å². The van der Waals surface area contributed by atoms with Gasteiger partial charge >= 0.3 is 0 Å². The molecule has 1 unspecified atom stereocenters. The summed E-state index contributed by atoms with van der Waals surface area (Å²) in [5.41, 5.74) is 1.03. The Morgan fingerprint density at radius 1 is 1.26 bits per heavy atom. The van der Waals surface area contributed by atoms with Crippen molar-refractivity contribution in [1.29, 1.82) is 0 Å². The molecule has 0 fully saturated rings. The van der Waals surface area contributed by atoms with Gasteiger partial charge in [-0.25, -0.2) is 4.39 Å². The Bertz CT molecular complexity index is 481. The van der Waals surface area contributed by atoms with Crippen LogP contribution in [0.25, 0.3) is 0 Å². The minimum absolute atomic E-state index is 0.193. The molecule has 0 saturated heterocycles. The van der Waals surface area contributed by atoms with E-state index < -0.39 is 0 Å². The smallest absolute Gasteiger partial charge is 0.123 e. The van der Waals surface area contributed by atoms with E-state index in [4.69, 9.17) is 0 Å². The fourth-order valence-electron chi connectivity index (χ4n) is 1.91. The Hall–Kier alpha value is -1.39. The zero-order valence-corrected chi connectivity index (χ0v) is 12.1. The van der Waals surface area contributed by atoms with Crippen molar-refractivity contribution >= 4 is 17.0 Å². The lowest BCUT2D eigenvalue weighted by atomic mass is 10.2. The molecular weight excluding hydrogens is 259 g/mol. The van der Waals surface area contributed by atoms with Crippen molar-refractivity contribution in [2.24, 2.45) is 0 Å². The molecule has 1 aromatic heterocycles. The van der Waals surface area contributed by atoms with Crippen LogP contribution in [0.15, 0.2) is 41.8 Å². The van der Waals surface area contributed by atoms with Gasteiger partial charge in [-0.2, -0.15) is 0 Å². The summed E-state index contributed by atoms with van der Waals surface area (Å²) in [6.07, 6.45) is 0. The van der Waals surface area contributed by atoms with Crippen LogP contribution in [0.5, 0.6) is 0 Å². The number of anilines is 1. The second kappa shape index (κ2) is 6.68. The molecule has 1 aromatic carbocycles. The molecule has 2 aromatic rings. The molecule has 0 bridgehead atoms. The van der Waals surface area contributed by atoms with Crippen LogP contribution in [0.2, 0.25) is 0 Å². The standard InChI is InChI=1S/C15H19FN2S/c1-12(15-4-3-11-19-15)17-9-10-18(2)14-7-5-13(16)6-8-14/h3-8,11-12,17H,9-10H2,1-2H3. The third-order valence-corrected chi connectivity index (χ3v) is 4.19. The summed E-state index contributed by atoms with van der Waals surface area (Å²) in [5.74, 6) is -0.193. The van der Waals surface area contributed by atoms with Gasteiger partial charge in [-0.05, 0) is 42.6 Å². The molecule has 2 rings (SSSR count). The first-order valence-electron chi connectivity index (χ1n) is 6.40. The van der Waals surface area contributed by atoms with Crippen LogP contribution >= 0.6 is 11.3 Å². The maximum atomic E-state index is 12.8. The molecule has 0 aliphatic carbocycles. The third-order valence-electron chi connectivity index (χ3n) is 3.14. The van der Waals surface area contributed by atoms with Gasteiger partial charge in [0.2, 0.25) is 0 Å². The number of nitrogens with one attached hydrogen (secondary N) is 1. The fourth-order valence-corrected chi connectivity index (χ4v) is 2.67. The lowest BCUT2D eigenvalue weighted by molar-refractivity contribution is 0.583. The quantitative estimate of drug-likeness (QED) is 0.867. The van der Waals surface area contributed by atoms with E-state index >= 15 is 0 Å². The molecular formula is C15H19FN2S. The first-order chi connectivity index (χ1) is 9.16. The Morgan fingerprint density at radius 3 is 2.63 bits per heavy atom. The van der Waals surface area contributed by atoms with Crippen molar-refractivity contribution in [2.75, 3.05) is 25.0 Å². The molecule has 102 valence electrons. The van der Waals surface area contributed by atoms with Gasteiger partial charge in [0, 0.05) is 36.7 Å². The number of rotatable bonds is 6. The topological polar surface area (TPSA) is 15.3 Å². The van der Waals surface area contributed by atoms with Crippen molar-refractivity contribution in [3.8, 4) is 0 Å². The second-order valence-corrected chi connectivity index (χ2v) is 5.57. The Kier molecular flexibility index (Phi) is 4.93. The normalized spacial score (nSPS) is 12.4. The van der Waals surface area contributed by atoms with E-state index in [1.54, 1.807) is 23.5 Å². The zero-order chi connectivity index (χ0) is 13.7. The highest BCUT2D eigenvalue weighted by atomic mass is 32.1. The predicted octanol–water partition coefficient (Wildman–Crippen LogP) is 3.67. The SMILES string of the molecule is CC(NCCN(C)c1ccc(F)cc1)c1cccs1. The average molecular weight is 278 g/mol. The summed E-state index contributed by atoms with van der Waals surface area (Å²) >= 11 is 1.77. The number of likely N-dealkylation sites (N-methyl/N-ethyl adjacent to an activating group) is 1. The summed E-state index contributed by atoms with van der Waals surface area (Å²) in [4.78, 5) is 3.47. The number of benzene rings is 1. The highest BCUT2D eigenvalue weighted by Crippen LogP contribution is 2.18. The summed E-state index contributed by atoms with van der Waals surface area (Å²) in [6.45, 7) is 3.96. The molecule has 1 atom stereocenters. The third kappa shape index (κ3) is 4.04. The van der Waals surface area contributed by atoms with Gasteiger partial charge < -0.3 is 10.2 Å². The maximum absolute atomic E-state index is 12.8. The number of hydrogen-bond donors (Lipinski definition) is 1. The monoisotopic (exact) mass is 278 g/mol. The molecule has 4 heteroatoms. The summed E-state index contributed by atoms with van der Waals surface area (Å²) in [5, 5.41) is 5.59. The van der Waals surface area contributed by atoms with E-state index in [1.165, 1.54) is 17.0 Å². The molecule has 0 radical (unpaired) electrons. The van der Waals surface area contributed by atoms with Crippen molar-refractivity contribution in [3.05, 3.63) is 52.5 Å². The minimum Gasteiger partial charge on any atom is -0.373 e. The lowest BCUT2D eigenvalue weighted by Gasteiger charge is -2.21. The second-order valence-electron chi connectivity index (χ2n) is 4.59. The van der Waals surface area contributed by atoms with Gasteiger partial charge in [-0.15, -0.1) is 11.3 Å². The van der Waals surface area contributed by atoms with E-state index in [1.807, 2.05) is 7.05 Å². The maximum Gasteiger partial charge on any atom is 0.123 e. The fraction of sp³-hybridized carbons (Fsp3) is 0.333. The first-order valence-corrected chi connectivity index (χ1v) is 7.28. The number of nitrogens with zero attached hydrogens (tertiary/aromatic N) is 1. The zero-order valence-electron chi connectivity index (χ0n) is 11.3. The van der Waals surface area contributed by atoms with Crippen LogP contribution in [0.3, 0.4) is 0 Å². The van der Waals surface area contributed by atoms with E-state index in [-0.39, 0.29) is 5.82 Å². The van der Waals surface area contributed by atoms with Crippen molar-refractivity contribution < 1.29 is 4.39 Å². The van der Waals surface area contributed by atoms with Gasteiger partial charge in [0.25, 0.3) is 0 Å². The number of halogens is 1. The van der Waals surface area contributed by atoms with Crippen LogP contribution in [-0.2, 0) is 0 Å². The van der Waals surface area contributed by atoms with E-state index in [0.29, 0.717) is 6.04 Å². The average Bonchev–Trinajstić information content (AvgIpc) is 2.93. The number of thiophene rings is 1. The van der Waals surface area contributed by atoms with Crippen LogP contribution in [0.1, 0.15) is 17.8 Å². The Labute approximate surface area is 117 Å². The lowest BCUT2D eigenvalue weighted by Crippen LogP contribution is -2.30. The van der Waals surface area contributed by atoms with Crippen LogP contribution in [0.4, 0.5) is 10.1 Å². The molecule has 0 amide bonds. The summed E-state index contributed by atoms with van der Waals surface area (Å²) in [7, 11) is 2.02. The van der Waals surface area contributed by atoms with Gasteiger partial charge in [0.1, 0.15) is 5.82 Å². The summed E-state index contributed by atoms with van der Waals surface area (Å²) in [6, 6.07) is 11.2. The number of hydrogen-bond acceptors (Lipinski definition) is 3. The van der Waals surface area contributed by atoms with Crippen molar-refractivity contribution in [3.63, 3.8) is 0 Å². The predicted molar refractivity (Wildman–Crippen MR) is 80.4 cm³/mol. The van der Waals surface area contributed by atoms with E-state index in [9.17, 15) is 4.39 Å². The van der Waals surface area contributed by atoms with Crippen LogP contribution in [-0.4, -0.2) is 20.1 Å². The highest BCUT2D eigenvalue weighted by molar-refractivity contribution is 7.10. The van der Waals surface area contributed by atoms with Crippen LogP contribution in [0, 0.1) is 5.82 Å².